The highest BCUT2D eigenvalue weighted by Gasteiger charge is 2.28. The van der Waals surface area contributed by atoms with Crippen LogP contribution < -0.4 is 4.74 Å². The van der Waals surface area contributed by atoms with E-state index in [-0.39, 0.29) is 5.56 Å². The van der Waals surface area contributed by atoms with Gasteiger partial charge in [-0.1, -0.05) is 0 Å². The van der Waals surface area contributed by atoms with Crippen molar-refractivity contribution in [2.24, 2.45) is 0 Å². The maximum atomic E-state index is 12.7. The number of ether oxygens (including phenoxy) is 1. The van der Waals surface area contributed by atoms with Crippen molar-refractivity contribution in [3.8, 4) is 5.88 Å². The van der Waals surface area contributed by atoms with Gasteiger partial charge in [-0.2, -0.15) is 0 Å². The van der Waals surface area contributed by atoms with Crippen LogP contribution in [0.1, 0.15) is 17.6 Å². The SMILES string of the molecule is COc1ncc(C)c(S(=O)(=O)Cl)c1C(F)F. The second-order valence-corrected chi connectivity index (χ2v) is 5.43. The molecular weight excluding hydrogens is 264 g/mol. The molecule has 0 saturated carbocycles. The summed E-state index contributed by atoms with van der Waals surface area (Å²) in [6.07, 6.45) is -1.93. The first-order chi connectivity index (χ1) is 7.29. The van der Waals surface area contributed by atoms with Gasteiger partial charge in [-0.05, 0) is 12.5 Å². The van der Waals surface area contributed by atoms with Gasteiger partial charge in [0.1, 0.15) is 10.5 Å². The summed E-state index contributed by atoms with van der Waals surface area (Å²) < 4.78 is 52.5. The standard InChI is InChI=1S/C8H8ClF2NO3S/c1-4-3-12-8(15-2)5(7(10)11)6(4)16(9,13)14/h3,7H,1-2H3. The van der Waals surface area contributed by atoms with Gasteiger partial charge in [0.15, 0.2) is 0 Å². The fraction of sp³-hybridized carbons (Fsp3) is 0.375. The van der Waals surface area contributed by atoms with E-state index in [4.69, 9.17) is 10.7 Å². The predicted molar refractivity (Wildman–Crippen MR) is 53.5 cm³/mol. The van der Waals surface area contributed by atoms with Crippen molar-refractivity contribution >= 4 is 19.7 Å². The third-order valence-corrected chi connectivity index (χ3v) is 3.36. The summed E-state index contributed by atoms with van der Waals surface area (Å²) in [6.45, 7) is 1.33. The molecule has 1 aromatic heterocycles. The van der Waals surface area contributed by atoms with Crippen LogP contribution >= 0.6 is 10.7 Å². The van der Waals surface area contributed by atoms with Gasteiger partial charge in [-0.25, -0.2) is 22.2 Å². The number of hydrogen-bond acceptors (Lipinski definition) is 4. The highest BCUT2D eigenvalue weighted by atomic mass is 35.7. The molecule has 0 aliphatic rings. The molecule has 1 rings (SSSR count). The Labute approximate surface area is 95.6 Å². The first-order valence-corrected chi connectivity index (χ1v) is 6.36. The Balaban J connectivity index is 3.69. The summed E-state index contributed by atoms with van der Waals surface area (Å²) in [4.78, 5) is 2.92. The molecule has 0 amide bonds. The maximum absolute atomic E-state index is 12.7. The van der Waals surface area contributed by atoms with Gasteiger partial charge in [0.2, 0.25) is 5.88 Å². The van der Waals surface area contributed by atoms with E-state index in [2.05, 4.69) is 9.72 Å². The number of methoxy groups -OCH3 is 1. The molecule has 0 saturated heterocycles. The molecule has 0 N–H and O–H groups in total. The van der Waals surface area contributed by atoms with Crippen LogP contribution in [0.15, 0.2) is 11.1 Å². The Morgan fingerprint density at radius 1 is 1.50 bits per heavy atom. The van der Waals surface area contributed by atoms with Gasteiger partial charge < -0.3 is 4.74 Å². The summed E-state index contributed by atoms with van der Waals surface area (Å²) in [6, 6.07) is 0. The lowest BCUT2D eigenvalue weighted by Gasteiger charge is -2.12. The van der Waals surface area contributed by atoms with Crippen molar-refractivity contribution in [1.82, 2.24) is 4.98 Å². The van der Waals surface area contributed by atoms with E-state index in [0.29, 0.717) is 0 Å². The summed E-state index contributed by atoms with van der Waals surface area (Å²) in [5.74, 6) is -0.445. The van der Waals surface area contributed by atoms with Gasteiger partial charge in [-0.15, -0.1) is 0 Å². The van der Waals surface area contributed by atoms with E-state index in [1.165, 1.54) is 6.92 Å². The summed E-state index contributed by atoms with van der Waals surface area (Å²) >= 11 is 0. The number of hydrogen-bond donors (Lipinski definition) is 0. The quantitative estimate of drug-likeness (QED) is 0.792. The monoisotopic (exact) mass is 271 g/mol. The van der Waals surface area contributed by atoms with Crippen LogP contribution in [0.3, 0.4) is 0 Å². The maximum Gasteiger partial charge on any atom is 0.270 e. The van der Waals surface area contributed by atoms with Gasteiger partial charge in [0.25, 0.3) is 15.5 Å². The Bertz CT molecular complexity index is 504. The third kappa shape index (κ3) is 2.41. The zero-order valence-electron chi connectivity index (χ0n) is 8.37. The summed E-state index contributed by atoms with van der Waals surface area (Å²) in [7, 11) is 1.95. The average Bonchev–Trinajstić information content (AvgIpc) is 2.15. The van der Waals surface area contributed by atoms with E-state index in [1.807, 2.05) is 0 Å². The summed E-state index contributed by atoms with van der Waals surface area (Å²) in [5, 5.41) is 0. The number of aryl methyl sites for hydroxylation is 1. The number of pyridine rings is 1. The lowest BCUT2D eigenvalue weighted by Crippen LogP contribution is -2.06. The van der Waals surface area contributed by atoms with Crippen LogP contribution in [-0.2, 0) is 9.05 Å². The second-order valence-electron chi connectivity index (χ2n) is 2.93. The molecule has 1 heterocycles. The topological polar surface area (TPSA) is 56.3 Å². The van der Waals surface area contributed by atoms with Crippen LogP contribution in [0.4, 0.5) is 8.78 Å². The molecule has 0 unspecified atom stereocenters. The van der Waals surface area contributed by atoms with Crippen LogP contribution in [0.2, 0.25) is 0 Å². The minimum atomic E-state index is -4.27. The highest BCUT2D eigenvalue weighted by molar-refractivity contribution is 8.13. The Hall–Kier alpha value is -0.950. The number of nitrogens with zero attached hydrogens (tertiary/aromatic N) is 1. The van der Waals surface area contributed by atoms with Crippen LogP contribution in [0.5, 0.6) is 5.88 Å². The smallest absolute Gasteiger partial charge is 0.270 e. The van der Waals surface area contributed by atoms with Crippen molar-refractivity contribution in [2.75, 3.05) is 7.11 Å². The van der Waals surface area contributed by atoms with Crippen molar-refractivity contribution in [3.05, 3.63) is 17.3 Å². The fourth-order valence-corrected chi connectivity index (χ4v) is 2.76. The zero-order chi connectivity index (χ0) is 12.5. The van der Waals surface area contributed by atoms with Crippen LogP contribution in [0, 0.1) is 6.92 Å². The number of alkyl halides is 2. The number of aromatic nitrogens is 1. The molecule has 0 aliphatic heterocycles. The lowest BCUT2D eigenvalue weighted by atomic mass is 10.2. The molecule has 0 bridgehead atoms. The molecule has 0 atom stereocenters. The summed E-state index contributed by atoms with van der Waals surface area (Å²) in [5.41, 5.74) is -0.761. The van der Waals surface area contributed by atoms with Crippen molar-refractivity contribution < 1.29 is 21.9 Å². The zero-order valence-corrected chi connectivity index (χ0v) is 9.94. The molecule has 0 aliphatic carbocycles. The normalized spacial score (nSPS) is 11.9. The highest BCUT2D eigenvalue weighted by Crippen LogP contribution is 2.36. The predicted octanol–water partition coefficient (Wildman–Crippen LogP) is 2.26. The first-order valence-electron chi connectivity index (χ1n) is 4.05. The molecule has 8 heteroatoms. The molecule has 0 spiro atoms. The van der Waals surface area contributed by atoms with E-state index in [0.717, 1.165) is 13.3 Å². The van der Waals surface area contributed by atoms with E-state index in [1.54, 1.807) is 0 Å². The Morgan fingerprint density at radius 3 is 2.44 bits per heavy atom. The molecule has 1 aromatic rings. The largest absolute Gasteiger partial charge is 0.481 e. The van der Waals surface area contributed by atoms with E-state index >= 15 is 0 Å². The van der Waals surface area contributed by atoms with Crippen molar-refractivity contribution in [3.63, 3.8) is 0 Å². The van der Waals surface area contributed by atoms with E-state index < -0.39 is 31.8 Å². The molecule has 4 nitrogen and oxygen atoms in total. The first kappa shape index (κ1) is 13.1. The van der Waals surface area contributed by atoms with Gasteiger partial charge in [0, 0.05) is 16.9 Å². The molecule has 0 aromatic carbocycles. The minimum absolute atomic E-state index is 0.0473. The van der Waals surface area contributed by atoms with Crippen LogP contribution in [0.25, 0.3) is 0 Å². The third-order valence-electron chi connectivity index (χ3n) is 1.86. The molecular formula is C8H8ClF2NO3S. The molecule has 90 valence electrons. The van der Waals surface area contributed by atoms with Gasteiger partial charge >= 0.3 is 0 Å². The lowest BCUT2D eigenvalue weighted by molar-refractivity contribution is 0.142. The molecule has 0 radical (unpaired) electrons. The number of rotatable bonds is 3. The number of halogens is 3. The van der Waals surface area contributed by atoms with Crippen molar-refractivity contribution in [1.29, 1.82) is 0 Å². The molecule has 16 heavy (non-hydrogen) atoms. The Morgan fingerprint density at radius 2 is 2.06 bits per heavy atom. The fourth-order valence-electron chi connectivity index (χ4n) is 1.27. The van der Waals surface area contributed by atoms with E-state index in [9.17, 15) is 17.2 Å². The average molecular weight is 272 g/mol. The molecule has 0 fully saturated rings. The second kappa shape index (κ2) is 4.50. The van der Waals surface area contributed by atoms with Gasteiger partial charge in [0.05, 0.1) is 7.11 Å². The minimum Gasteiger partial charge on any atom is -0.481 e. The van der Waals surface area contributed by atoms with Crippen molar-refractivity contribution in [2.45, 2.75) is 18.2 Å². The van der Waals surface area contributed by atoms with Gasteiger partial charge in [-0.3, -0.25) is 0 Å². The van der Waals surface area contributed by atoms with Crippen LogP contribution in [-0.4, -0.2) is 20.5 Å². The Kier molecular flexibility index (Phi) is 3.69.